The highest BCUT2D eigenvalue weighted by Crippen LogP contribution is 2.23. The van der Waals surface area contributed by atoms with Gasteiger partial charge in [-0.2, -0.15) is 4.98 Å². The Morgan fingerprint density at radius 2 is 2.26 bits per heavy atom. The number of nitrogens with two attached hydrogens (primary N) is 1. The van der Waals surface area contributed by atoms with Crippen molar-refractivity contribution in [2.24, 2.45) is 7.05 Å². The van der Waals surface area contributed by atoms with Gasteiger partial charge in [0, 0.05) is 32.2 Å². The molecule has 2 heterocycles. The average molecular weight is 257 g/mol. The van der Waals surface area contributed by atoms with E-state index < -0.39 is 0 Å². The first-order valence-electron chi connectivity index (χ1n) is 5.97. The smallest absolute Gasteiger partial charge is 0.298 e. The summed E-state index contributed by atoms with van der Waals surface area (Å²) in [7, 11) is 3.88. The van der Waals surface area contributed by atoms with Gasteiger partial charge in [0.25, 0.3) is 6.01 Å². The van der Waals surface area contributed by atoms with Gasteiger partial charge in [-0.3, -0.25) is 0 Å². The molecular weight excluding hydrogens is 242 g/mol. The van der Waals surface area contributed by atoms with Crippen LogP contribution in [0.25, 0.3) is 11.1 Å². The number of anilines is 2. The van der Waals surface area contributed by atoms with E-state index in [1.165, 1.54) is 0 Å². The predicted octanol–water partition coefficient (Wildman–Crippen LogP) is 1.78. The number of rotatable bonds is 3. The van der Waals surface area contributed by atoms with Crippen LogP contribution in [0.1, 0.15) is 5.82 Å². The zero-order valence-electron chi connectivity index (χ0n) is 10.9. The van der Waals surface area contributed by atoms with E-state index in [9.17, 15) is 0 Å². The fraction of sp³-hybridized carbons (Fsp3) is 0.231. The normalized spacial score (nSPS) is 11.1. The molecule has 3 rings (SSSR count). The molecule has 6 nitrogen and oxygen atoms in total. The van der Waals surface area contributed by atoms with Gasteiger partial charge in [-0.1, -0.05) is 0 Å². The molecule has 98 valence electrons. The molecule has 0 aliphatic carbocycles. The van der Waals surface area contributed by atoms with Crippen LogP contribution < -0.4 is 10.6 Å². The lowest BCUT2D eigenvalue weighted by atomic mass is 10.3. The summed E-state index contributed by atoms with van der Waals surface area (Å²) in [5, 5.41) is 0. The minimum atomic E-state index is 0.559. The van der Waals surface area contributed by atoms with Crippen molar-refractivity contribution < 1.29 is 4.42 Å². The number of hydrogen-bond acceptors (Lipinski definition) is 5. The van der Waals surface area contributed by atoms with Gasteiger partial charge < -0.3 is 19.6 Å². The quantitative estimate of drug-likeness (QED) is 0.724. The number of aryl methyl sites for hydroxylation is 1. The van der Waals surface area contributed by atoms with E-state index in [1.54, 1.807) is 18.3 Å². The highest BCUT2D eigenvalue weighted by atomic mass is 16.4. The van der Waals surface area contributed by atoms with Crippen LogP contribution in [0, 0.1) is 0 Å². The van der Waals surface area contributed by atoms with Gasteiger partial charge in [-0.15, -0.1) is 0 Å². The molecule has 0 amide bonds. The van der Waals surface area contributed by atoms with Crippen LogP contribution in [0.5, 0.6) is 0 Å². The SMILES string of the molecule is CN(Cc1nccn1C)c1nc2cc(N)ccc2o1. The number of fused-ring (bicyclic) bond motifs is 1. The van der Waals surface area contributed by atoms with Crippen LogP contribution in [0.3, 0.4) is 0 Å². The molecule has 6 heteroatoms. The molecular formula is C13H15N5O. The molecule has 0 radical (unpaired) electrons. The first-order chi connectivity index (χ1) is 9.13. The largest absolute Gasteiger partial charge is 0.423 e. The summed E-state index contributed by atoms with van der Waals surface area (Å²) in [6, 6.07) is 5.99. The maximum atomic E-state index is 5.73. The Hall–Kier alpha value is -2.50. The van der Waals surface area contributed by atoms with Crippen molar-refractivity contribution in [1.82, 2.24) is 14.5 Å². The molecule has 0 spiro atoms. The lowest BCUT2D eigenvalue weighted by Gasteiger charge is -2.13. The number of benzene rings is 1. The maximum absolute atomic E-state index is 5.73. The van der Waals surface area contributed by atoms with Crippen LogP contribution in [0.4, 0.5) is 11.7 Å². The maximum Gasteiger partial charge on any atom is 0.298 e. The Balaban J connectivity index is 1.89. The van der Waals surface area contributed by atoms with E-state index in [2.05, 4.69) is 9.97 Å². The van der Waals surface area contributed by atoms with E-state index in [-0.39, 0.29) is 0 Å². The lowest BCUT2D eigenvalue weighted by Crippen LogP contribution is -2.19. The molecule has 0 atom stereocenters. The second-order valence-corrected chi connectivity index (χ2v) is 4.53. The zero-order valence-corrected chi connectivity index (χ0v) is 10.9. The van der Waals surface area contributed by atoms with E-state index in [0.717, 1.165) is 16.9 Å². The average Bonchev–Trinajstić information content (AvgIpc) is 2.96. The van der Waals surface area contributed by atoms with Crippen LogP contribution >= 0.6 is 0 Å². The van der Waals surface area contributed by atoms with Gasteiger partial charge in [-0.25, -0.2) is 4.98 Å². The van der Waals surface area contributed by atoms with E-state index in [0.29, 0.717) is 18.2 Å². The molecule has 0 fully saturated rings. The van der Waals surface area contributed by atoms with E-state index in [4.69, 9.17) is 10.2 Å². The minimum absolute atomic E-state index is 0.559. The summed E-state index contributed by atoms with van der Waals surface area (Å²) < 4.78 is 7.67. The summed E-state index contributed by atoms with van der Waals surface area (Å²) in [5.74, 6) is 0.948. The highest BCUT2D eigenvalue weighted by molar-refractivity contribution is 5.78. The second-order valence-electron chi connectivity index (χ2n) is 4.53. The number of hydrogen-bond donors (Lipinski definition) is 1. The predicted molar refractivity (Wildman–Crippen MR) is 73.7 cm³/mol. The van der Waals surface area contributed by atoms with Crippen molar-refractivity contribution in [3.8, 4) is 0 Å². The van der Waals surface area contributed by atoms with Crippen molar-refractivity contribution in [3.63, 3.8) is 0 Å². The second kappa shape index (κ2) is 4.31. The van der Waals surface area contributed by atoms with Crippen LogP contribution in [0.15, 0.2) is 35.0 Å². The summed E-state index contributed by atoms with van der Waals surface area (Å²) in [6.45, 7) is 0.631. The number of oxazole rings is 1. The Labute approximate surface area is 110 Å². The van der Waals surface area contributed by atoms with Crippen molar-refractivity contribution >= 4 is 22.8 Å². The lowest BCUT2D eigenvalue weighted by molar-refractivity contribution is 0.575. The molecule has 2 aromatic heterocycles. The molecule has 1 aromatic carbocycles. The molecule has 19 heavy (non-hydrogen) atoms. The Kier molecular flexibility index (Phi) is 2.63. The molecule has 0 saturated carbocycles. The van der Waals surface area contributed by atoms with Gasteiger partial charge in [0.2, 0.25) is 0 Å². The molecule has 0 saturated heterocycles. The number of aromatic nitrogens is 3. The molecule has 2 N–H and O–H groups in total. The Bertz CT molecular complexity index is 715. The van der Waals surface area contributed by atoms with Crippen molar-refractivity contribution in [2.45, 2.75) is 6.54 Å². The van der Waals surface area contributed by atoms with Crippen LogP contribution in [-0.2, 0) is 13.6 Å². The van der Waals surface area contributed by atoms with Crippen molar-refractivity contribution in [2.75, 3.05) is 17.7 Å². The first kappa shape index (κ1) is 11.6. The number of nitrogens with zero attached hydrogens (tertiary/aromatic N) is 4. The fourth-order valence-corrected chi connectivity index (χ4v) is 1.92. The Morgan fingerprint density at radius 1 is 1.42 bits per heavy atom. The third-order valence-electron chi connectivity index (χ3n) is 3.03. The van der Waals surface area contributed by atoms with Crippen molar-refractivity contribution in [3.05, 3.63) is 36.4 Å². The monoisotopic (exact) mass is 257 g/mol. The van der Waals surface area contributed by atoms with Gasteiger partial charge in [-0.05, 0) is 18.2 Å². The summed E-state index contributed by atoms with van der Waals surface area (Å²) in [6.07, 6.45) is 3.69. The molecule has 0 aliphatic rings. The minimum Gasteiger partial charge on any atom is -0.423 e. The summed E-state index contributed by atoms with van der Waals surface area (Å²) in [5.41, 5.74) is 7.91. The molecule has 3 aromatic rings. The third kappa shape index (κ3) is 2.12. The van der Waals surface area contributed by atoms with Crippen LogP contribution in [0.2, 0.25) is 0 Å². The van der Waals surface area contributed by atoms with E-state index >= 15 is 0 Å². The van der Waals surface area contributed by atoms with Crippen molar-refractivity contribution in [1.29, 1.82) is 0 Å². The highest BCUT2D eigenvalue weighted by Gasteiger charge is 2.12. The summed E-state index contributed by atoms with van der Waals surface area (Å²) >= 11 is 0. The Morgan fingerprint density at radius 3 is 3.00 bits per heavy atom. The fourth-order valence-electron chi connectivity index (χ4n) is 1.92. The molecule has 0 bridgehead atoms. The van der Waals surface area contributed by atoms with Gasteiger partial charge in [0.1, 0.15) is 11.3 Å². The standard InChI is InChI=1S/C13H15N5O/c1-17-6-5-15-12(17)8-18(2)13-16-10-7-9(14)3-4-11(10)19-13/h3-7H,8,14H2,1-2H3. The zero-order chi connectivity index (χ0) is 13.4. The van der Waals surface area contributed by atoms with Gasteiger partial charge >= 0.3 is 0 Å². The van der Waals surface area contributed by atoms with E-state index in [1.807, 2.05) is 35.8 Å². The van der Waals surface area contributed by atoms with Gasteiger partial charge in [0.05, 0.1) is 6.54 Å². The summed E-state index contributed by atoms with van der Waals surface area (Å²) in [4.78, 5) is 10.6. The molecule has 0 unspecified atom stereocenters. The number of nitrogen functional groups attached to an aromatic ring is 1. The molecule has 0 aliphatic heterocycles. The number of imidazole rings is 1. The van der Waals surface area contributed by atoms with Gasteiger partial charge in [0.15, 0.2) is 5.58 Å². The van der Waals surface area contributed by atoms with Crippen LogP contribution in [-0.4, -0.2) is 21.6 Å². The first-order valence-corrected chi connectivity index (χ1v) is 5.97. The third-order valence-corrected chi connectivity index (χ3v) is 3.03. The topological polar surface area (TPSA) is 73.1 Å².